The fourth-order valence-electron chi connectivity index (χ4n) is 1.53. The number of halogens is 1. The maximum atomic E-state index is 10.7. The molecule has 0 bridgehead atoms. The minimum Gasteiger partial charge on any atom is -0.489 e. The van der Waals surface area contributed by atoms with Crippen molar-refractivity contribution < 1.29 is 14.8 Å². The van der Waals surface area contributed by atoms with Crippen LogP contribution in [0.25, 0.3) is 0 Å². The van der Waals surface area contributed by atoms with Gasteiger partial charge in [-0.05, 0) is 41.9 Å². The number of nitrogens with zero attached hydrogens (tertiary/aromatic N) is 1. The van der Waals surface area contributed by atoms with Gasteiger partial charge in [-0.1, -0.05) is 6.92 Å². The van der Waals surface area contributed by atoms with Crippen molar-refractivity contribution in [2.24, 2.45) is 0 Å². The minimum absolute atomic E-state index is 0.0451. The molecule has 0 aromatic heterocycles. The second kappa shape index (κ2) is 7.56. The molecule has 1 unspecified atom stereocenters. The van der Waals surface area contributed by atoms with Crippen LogP contribution in [0.3, 0.4) is 0 Å². The highest BCUT2D eigenvalue weighted by molar-refractivity contribution is 9.10. The summed E-state index contributed by atoms with van der Waals surface area (Å²) in [7, 11) is 0. The Kier molecular flexibility index (Phi) is 6.38. The summed E-state index contributed by atoms with van der Waals surface area (Å²) in [5.74, 6) is 0.343. The van der Waals surface area contributed by atoms with Gasteiger partial charge in [-0.2, -0.15) is 0 Å². The molecule has 20 heavy (non-hydrogen) atoms. The molecule has 112 valence electrons. The van der Waals surface area contributed by atoms with Crippen LogP contribution >= 0.6 is 15.9 Å². The molecule has 6 nitrogen and oxygen atoms in total. The molecular weight excluding hydrogens is 328 g/mol. The molecular formula is C13H19BrN2O4. The van der Waals surface area contributed by atoms with E-state index in [0.29, 0.717) is 16.8 Å². The first-order chi connectivity index (χ1) is 9.35. The van der Waals surface area contributed by atoms with E-state index < -0.39 is 10.5 Å². The third-order valence-electron chi connectivity index (χ3n) is 2.60. The number of nitro groups is 1. The van der Waals surface area contributed by atoms with Crippen LogP contribution in [0.4, 0.5) is 5.69 Å². The number of hydrogen-bond donors (Lipinski definition) is 2. The summed E-state index contributed by atoms with van der Waals surface area (Å²) in [5, 5.41) is 24.0. The molecule has 0 aliphatic carbocycles. The lowest BCUT2D eigenvalue weighted by molar-refractivity contribution is -0.385. The Bertz CT molecular complexity index is 466. The Labute approximate surface area is 126 Å². The zero-order chi connectivity index (χ0) is 15.2. The predicted molar refractivity (Wildman–Crippen MR) is 80.1 cm³/mol. The average molecular weight is 347 g/mol. The number of hydrogen-bond acceptors (Lipinski definition) is 5. The lowest BCUT2D eigenvalue weighted by atomic mass is 10.1. The van der Waals surface area contributed by atoms with Gasteiger partial charge in [0, 0.05) is 12.6 Å². The van der Waals surface area contributed by atoms with Crippen molar-refractivity contribution in [2.75, 3.05) is 19.7 Å². The molecule has 0 fully saturated rings. The van der Waals surface area contributed by atoms with E-state index in [0.717, 1.165) is 13.0 Å². The van der Waals surface area contributed by atoms with E-state index in [1.807, 2.05) is 6.92 Å². The maximum Gasteiger partial charge on any atom is 0.273 e. The topological polar surface area (TPSA) is 84.6 Å². The zero-order valence-electron chi connectivity index (χ0n) is 11.6. The van der Waals surface area contributed by atoms with Crippen LogP contribution in [0.15, 0.2) is 22.7 Å². The Morgan fingerprint density at radius 2 is 2.25 bits per heavy atom. The lowest BCUT2D eigenvalue weighted by Gasteiger charge is -2.24. The van der Waals surface area contributed by atoms with Gasteiger partial charge in [0.2, 0.25) is 0 Å². The van der Waals surface area contributed by atoms with Gasteiger partial charge in [-0.15, -0.1) is 0 Å². The number of nitrogens with one attached hydrogen (secondary N) is 1. The van der Waals surface area contributed by atoms with Crippen LogP contribution in [-0.4, -0.2) is 35.3 Å². The Balaban J connectivity index is 2.64. The molecule has 0 radical (unpaired) electrons. The van der Waals surface area contributed by atoms with E-state index in [2.05, 4.69) is 21.2 Å². The average Bonchev–Trinajstić information content (AvgIpc) is 2.37. The smallest absolute Gasteiger partial charge is 0.273 e. The van der Waals surface area contributed by atoms with Crippen LogP contribution in [0.2, 0.25) is 0 Å². The van der Waals surface area contributed by atoms with E-state index in [1.165, 1.54) is 12.1 Å². The summed E-state index contributed by atoms with van der Waals surface area (Å²) in [6.45, 7) is 4.95. The summed E-state index contributed by atoms with van der Waals surface area (Å²) in [6, 6.07) is 4.27. The SMILES string of the molecule is CCCNCC(C)(O)COc1cc([N+](=O)[O-])ccc1Br. The molecule has 0 amide bonds. The highest BCUT2D eigenvalue weighted by atomic mass is 79.9. The molecule has 0 saturated carbocycles. The van der Waals surface area contributed by atoms with Gasteiger partial charge in [0.15, 0.2) is 0 Å². The first kappa shape index (κ1) is 16.9. The second-order valence-electron chi connectivity index (χ2n) is 4.83. The molecule has 1 aromatic carbocycles. The number of non-ortho nitro benzene ring substituents is 1. The van der Waals surface area contributed by atoms with Crippen molar-refractivity contribution in [3.63, 3.8) is 0 Å². The molecule has 7 heteroatoms. The fourth-order valence-corrected chi connectivity index (χ4v) is 1.90. The van der Waals surface area contributed by atoms with Gasteiger partial charge in [0.1, 0.15) is 18.0 Å². The van der Waals surface area contributed by atoms with Gasteiger partial charge < -0.3 is 15.2 Å². The summed E-state index contributed by atoms with van der Waals surface area (Å²) in [6.07, 6.45) is 0.980. The molecule has 2 N–H and O–H groups in total. The molecule has 0 saturated heterocycles. The molecule has 0 heterocycles. The quantitative estimate of drug-likeness (QED) is 0.429. The Hall–Kier alpha value is -1.18. The molecule has 1 aromatic rings. The van der Waals surface area contributed by atoms with Crippen molar-refractivity contribution in [2.45, 2.75) is 25.9 Å². The fraction of sp³-hybridized carbons (Fsp3) is 0.538. The normalized spacial score (nSPS) is 13.8. The highest BCUT2D eigenvalue weighted by Crippen LogP contribution is 2.29. The summed E-state index contributed by atoms with van der Waals surface area (Å²) in [5.41, 5.74) is -1.09. The van der Waals surface area contributed by atoms with Crippen molar-refractivity contribution >= 4 is 21.6 Å². The van der Waals surface area contributed by atoms with E-state index in [1.54, 1.807) is 13.0 Å². The Morgan fingerprint density at radius 1 is 1.55 bits per heavy atom. The highest BCUT2D eigenvalue weighted by Gasteiger charge is 2.22. The van der Waals surface area contributed by atoms with E-state index >= 15 is 0 Å². The standard InChI is InChI=1S/C13H19BrN2O4/c1-3-6-15-8-13(2,17)9-20-12-7-10(16(18)19)4-5-11(12)14/h4-5,7,15,17H,3,6,8-9H2,1-2H3. The first-order valence-corrected chi connectivity index (χ1v) is 7.15. The van der Waals surface area contributed by atoms with E-state index in [9.17, 15) is 15.2 Å². The van der Waals surface area contributed by atoms with Gasteiger partial charge in [-0.25, -0.2) is 0 Å². The van der Waals surface area contributed by atoms with Crippen LogP contribution in [0, 0.1) is 10.1 Å². The summed E-state index contributed by atoms with van der Waals surface area (Å²) < 4.78 is 6.09. The summed E-state index contributed by atoms with van der Waals surface area (Å²) in [4.78, 5) is 10.2. The number of rotatable bonds is 8. The molecule has 0 spiro atoms. The number of nitro benzene ring substituents is 1. The molecule has 1 rings (SSSR count). The molecule has 0 aliphatic rings. The van der Waals surface area contributed by atoms with Gasteiger partial charge in [0.05, 0.1) is 15.5 Å². The van der Waals surface area contributed by atoms with Crippen molar-refractivity contribution in [1.82, 2.24) is 5.32 Å². The number of ether oxygens (including phenoxy) is 1. The predicted octanol–water partition coefficient (Wildman–Crippen LogP) is 2.49. The zero-order valence-corrected chi connectivity index (χ0v) is 13.1. The van der Waals surface area contributed by atoms with Gasteiger partial charge in [-0.3, -0.25) is 10.1 Å². The number of benzene rings is 1. The van der Waals surface area contributed by atoms with Crippen molar-refractivity contribution in [3.05, 3.63) is 32.8 Å². The van der Waals surface area contributed by atoms with E-state index in [4.69, 9.17) is 4.74 Å². The van der Waals surface area contributed by atoms with Gasteiger partial charge in [0.25, 0.3) is 5.69 Å². The number of aliphatic hydroxyl groups is 1. The van der Waals surface area contributed by atoms with Crippen molar-refractivity contribution in [1.29, 1.82) is 0 Å². The molecule has 1 atom stereocenters. The van der Waals surface area contributed by atoms with Crippen LogP contribution in [0.1, 0.15) is 20.3 Å². The minimum atomic E-state index is -1.04. The van der Waals surface area contributed by atoms with E-state index in [-0.39, 0.29) is 12.3 Å². The Morgan fingerprint density at radius 3 is 2.85 bits per heavy atom. The largest absolute Gasteiger partial charge is 0.489 e. The van der Waals surface area contributed by atoms with Gasteiger partial charge >= 0.3 is 0 Å². The first-order valence-electron chi connectivity index (χ1n) is 6.35. The van der Waals surface area contributed by atoms with Crippen molar-refractivity contribution in [3.8, 4) is 5.75 Å². The molecule has 0 aliphatic heterocycles. The van der Waals surface area contributed by atoms with Crippen LogP contribution in [-0.2, 0) is 0 Å². The lowest BCUT2D eigenvalue weighted by Crippen LogP contribution is -2.43. The third kappa shape index (κ3) is 5.44. The van der Waals surface area contributed by atoms with Crippen LogP contribution < -0.4 is 10.1 Å². The summed E-state index contributed by atoms with van der Waals surface area (Å²) >= 11 is 3.27. The monoisotopic (exact) mass is 346 g/mol. The second-order valence-corrected chi connectivity index (χ2v) is 5.69. The third-order valence-corrected chi connectivity index (χ3v) is 3.25. The maximum absolute atomic E-state index is 10.7. The van der Waals surface area contributed by atoms with Crippen LogP contribution in [0.5, 0.6) is 5.75 Å².